The molecule has 150 valence electrons. The van der Waals surface area contributed by atoms with Crippen LogP contribution in [0.15, 0.2) is 18.2 Å². The van der Waals surface area contributed by atoms with Crippen molar-refractivity contribution in [1.29, 1.82) is 0 Å². The lowest BCUT2D eigenvalue weighted by atomic mass is 9.66. The Bertz CT molecular complexity index is 644. The first-order chi connectivity index (χ1) is 12.7. The lowest BCUT2D eigenvalue weighted by Crippen LogP contribution is -2.61. The predicted octanol–water partition coefficient (Wildman–Crippen LogP) is 2.33. The van der Waals surface area contributed by atoms with E-state index in [1.165, 1.54) is 0 Å². The Balaban J connectivity index is 1.74. The van der Waals surface area contributed by atoms with Crippen molar-refractivity contribution in [1.82, 2.24) is 5.32 Å². The Hall–Kier alpha value is -0.825. The zero-order chi connectivity index (χ0) is 20.0. The molecule has 1 aromatic carbocycles. The molecule has 1 aliphatic carbocycles. The summed E-state index contributed by atoms with van der Waals surface area (Å²) in [5.41, 5.74) is 5.97. The van der Waals surface area contributed by atoms with Crippen molar-refractivity contribution in [2.24, 2.45) is 11.7 Å². The fraction of sp³-hybridized carbons (Fsp3) is 0.611. The van der Waals surface area contributed by atoms with Crippen molar-refractivity contribution in [3.8, 4) is 0 Å². The number of carboxylic acids is 1. The average Bonchev–Trinajstić information content (AvgIpc) is 2.54. The van der Waals surface area contributed by atoms with E-state index in [4.69, 9.17) is 39.0 Å². The van der Waals surface area contributed by atoms with Crippen LogP contribution in [0.3, 0.4) is 0 Å². The number of carbonyl (C=O) groups is 1. The molecule has 1 aliphatic rings. The Morgan fingerprint density at radius 2 is 2.00 bits per heavy atom. The van der Waals surface area contributed by atoms with Crippen LogP contribution in [-0.4, -0.2) is 46.4 Å². The van der Waals surface area contributed by atoms with Gasteiger partial charge >= 0.3 is 13.1 Å². The molecule has 0 heterocycles. The number of unbranched alkanes of at least 4 members (excludes halogenated alkanes) is 1. The molecular formula is C18H27BCl2N2O4. The molecule has 1 fully saturated rings. The summed E-state index contributed by atoms with van der Waals surface area (Å²) in [6.07, 6.45) is 3.89. The van der Waals surface area contributed by atoms with Crippen LogP contribution >= 0.6 is 23.2 Å². The molecule has 1 aromatic rings. The summed E-state index contributed by atoms with van der Waals surface area (Å²) in [5, 5.41) is 32.0. The summed E-state index contributed by atoms with van der Waals surface area (Å²) in [7, 11) is -1.35. The van der Waals surface area contributed by atoms with Gasteiger partial charge in [0.15, 0.2) is 0 Å². The van der Waals surface area contributed by atoms with Gasteiger partial charge in [-0.25, -0.2) is 0 Å². The number of nitrogens with one attached hydrogen (secondary N) is 1. The fourth-order valence-corrected chi connectivity index (χ4v) is 4.07. The van der Waals surface area contributed by atoms with Crippen LogP contribution < -0.4 is 11.1 Å². The normalized spacial score (nSPS) is 21.4. The third kappa shape index (κ3) is 6.34. The molecule has 0 aromatic heterocycles. The van der Waals surface area contributed by atoms with Gasteiger partial charge in [-0.1, -0.05) is 42.1 Å². The van der Waals surface area contributed by atoms with E-state index in [1.54, 1.807) is 6.07 Å². The van der Waals surface area contributed by atoms with Crippen molar-refractivity contribution in [2.45, 2.75) is 56.4 Å². The number of halogens is 2. The molecule has 1 unspecified atom stereocenters. The lowest BCUT2D eigenvalue weighted by Gasteiger charge is -2.45. The van der Waals surface area contributed by atoms with Gasteiger partial charge in [0.1, 0.15) is 5.54 Å². The zero-order valence-electron chi connectivity index (χ0n) is 15.2. The zero-order valence-corrected chi connectivity index (χ0v) is 16.7. The minimum Gasteiger partial charge on any atom is -0.480 e. The van der Waals surface area contributed by atoms with Crippen LogP contribution in [-0.2, 0) is 11.2 Å². The highest BCUT2D eigenvalue weighted by Gasteiger charge is 2.47. The first-order valence-electron chi connectivity index (χ1n) is 9.28. The minimum atomic E-state index is -1.35. The van der Waals surface area contributed by atoms with E-state index in [-0.39, 0.29) is 18.3 Å². The van der Waals surface area contributed by atoms with Crippen molar-refractivity contribution >= 4 is 36.3 Å². The van der Waals surface area contributed by atoms with Gasteiger partial charge < -0.3 is 26.2 Å². The Kier molecular flexibility index (Phi) is 8.40. The summed E-state index contributed by atoms with van der Waals surface area (Å²) in [5.74, 6) is -1.06. The first-order valence-corrected chi connectivity index (χ1v) is 10.0. The van der Waals surface area contributed by atoms with Gasteiger partial charge in [-0.3, -0.25) is 4.79 Å². The monoisotopic (exact) mass is 416 g/mol. The van der Waals surface area contributed by atoms with Gasteiger partial charge in [0.2, 0.25) is 0 Å². The van der Waals surface area contributed by atoms with Crippen molar-refractivity contribution in [2.75, 3.05) is 6.54 Å². The molecule has 1 saturated carbocycles. The van der Waals surface area contributed by atoms with E-state index >= 15 is 0 Å². The van der Waals surface area contributed by atoms with Crippen molar-refractivity contribution in [3.63, 3.8) is 0 Å². The second-order valence-electron chi connectivity index (χ2n) is 7.38. The second-order valence-corrected chi connectivity index (χ2v) is 8.22. The molecule has 6 N–H and O–H groups in total. The highest BCUT2D eigenvalue weighted by atomic mass is 35.5. The molecule has 0 radical (unpaired) electrons. The minimum absolute atomic E-state index is 0.0781. The van der Waals surface area contributed by atoms with Gasteiger partial charge in [0, 0.05) is 16.1 Å². The molecular weight excluding hydrogens is 390 g/mol. The van der Waals surface area contributed by atoms with Gasteiger partial charge in [0.25, 0.3) is 0 Å². The lowest BCUT2D eigenvalue weighted by molar-refractivity contribution is -0.148. The molecule has 0 amide bonds. The number of aliphatic carboxylic acids is 1. The molecule has 0 saturated heterocycles. The molecule has 0 aliphatic heterocycles. The first kappa shape index (κ1) is 22.5. The molecule has 27 heavy (non-hydrogen) atoms. The van der Waals surface area contributed by atoms with E-state index in [9.17, 15) is 9.90 Å². The predicted molar refractivity (Wildman–Crippen MR) is 108 cm³/mol. The molecule has 2 rings (SSSR count). The summed E-state index contributed by atoms with van der Waals surface area (Å²) in [6.45, 7) is 0.748. The number of hydrogen-bond donors (Lipinski definition) is 5. The number of rotatable bonds is 11. The topological polar surface area (TPSA) is 116 Å². The van der Waals surface area contributed by atoms with Crippen molar-refractivity contribution in [3.05, 3.63) is 33.8 Å². The Morgan fingerprint density at radius 3 is 2.59 bits per heavy atom. The smallest absolute Gasteiger partial charge is 0.451 e. The molecule has 0 spiro atoms. The third-order valence-corrected chi connectivity index (χ3v) is 6.00. The van der Waals surface area contributed by atoms with E-state index in [0.29, 0.717) is 29.3 Å². The summed E-state index contributed by atoms with van der Waals surface area (Å²) >= 11 is 12.1. The van der Waals surface area contributed by atoms with Crippen LogP contribution in [0, 0.1) is 5.92 Å². The maximum absolute atomic E-state index is 11.7. The van der Waals surface area contributed by atoms with Crippen LogP contribution in [0.2, 0.25) is 16.4 Å². The quantitative estimate of drug-likeness (QED) is 0.279. The number of nitrogens with two attached hydrogens (primary N) is 1. The van der Waals surface area contributed by atoms with Crippen LogP contribution in [0.25, 0.3) is 0 Å². The largest absolute Gasteiger partial charge is 0.480 e. The number of carboxylic acid groups (broad SMARTS) is 1. The fourth-order valence-electron chi connectivity index (χ4n) is 3.57. The van der Waals surface area contributed by atoms with Gasteiger partial charge in [-0.2, -0.15) is 0 Å². The summed E-state index contributed by atoms with van der Waals surface area (Å²) in [6, 6.07) is 5.70. The number of benzene rings is 1. The maximum Gasteiger partial charge on any atom is 0.451 e. The molecule has 0 bridgehead atoms. The van der Waals surface area contributed by atoms with Crippen LogP contribution in [0.1, 0.15) is 37.7 Å². The van der Waals surface area contributed by atoms with Crippen molar-refractivity contribution < 1.29 is 19.9 Å². The highest BCUT2D eigenvalue weighted by molar-refractivity contribution is 6.40. The Labute approximate surface area is 170 Å². The average molecular weight is 417 g/mol. The van der Waals surface area contributed by atoms with Gasteiger partial charge in [-0.15, -0.1) is 0 Å². The molecule has 6 nitrogen and oxygen atoms in total. The van der Waals surface area contributed by atoms with E-state index in [0.717, 1.165) is 31.4 Å². The summed E-state index contributed by atoms with van der Waals surface area (Å²) < 4.78 is 0. The molecule has 9 heteroatoms. The van der Waals surface area contributed by atoms with Crippen LogP contribution in [0.5, 0.6) is 0 Å². The highest BCUT2D eigenvalue weighted by Crippen LogP contribution is 2.38. The second kappa shape index (κ2) is 10.1. The van der Waals surface area contributed by atoms with Crippen LogP contribution in [0.4, 0.5) is 0 Å². The van der Waals surface area contributed by atoms with Gasteiger partial charge in [-0.05, 0) is 62.2 Å². The van der Waals surface area contributed by atoms with E-state index in [2.05, 4.69) is 5.32 Å². The summed E-state index contributed by atoms with van der Waals surface area (Å²) in [4.78, 5) is 11.7. The number of hydrogen-bond acceptors (Lipinski definition) is 5. The molecule has 1 atom stereocenters. The Morgan fingerprint density at radius 1 is 1.30 bits per heavy atom. The van der Waals surface area contributed by atoms with E-state index < -0.39 is 18.6 Å². The maximum atomic E-state index is 11.7. The van der Waals surface area contributed by atoms with Gasteiger partial charge in [0.05, 0.1) is 0 Å². The standard InChI is InChI=1S/C18H27BCl2N2O4/c20-14-4-3-12(16(21)11-14)5-8-23-15-9-13(10-15)18(22,17(24)25)6-1-2-7-19(26)27/h3-4,11,13,15,23,26-27H,1-2,5-10,22H2,(H,24,25)/t13-,15-,18?. The van der Waals surface area contributed by atoms with E-state index in [1.807, 2.05) is 12.1 Å². The third-order valence-electron chi connectivity index (χ3n) is 5.41. The SMILES string of the molecule is NC(CCCCB(O)O)(C(=O)O)[C@H]1C[C@H](NCCc2ccc(Cl)cc2Cl)C1.